The van der Waals surface area contributed by atoms with Gasteiger partial charge >= 0.3 is 11.7 Å². The normalized spacial score (nSPS) is 16.3. The van der Waals surface area contributed by atoms with E-state index in [2.05, 4.69) is 54.1 Å². The maximum Gasteiger partial charge on any atom is 0.356 e. The Morgan fingerprint density at radius 3 is 2.44 bits per heavy atom. The molecule has 0 atom stereocenters. The molecule has 4 heterocycles. The van der Waals surface area contributed by atoms with Gasteiger partial charge in [-0.2, -0.15) is 0 Å². The van der Waals surface area contributed by atoms with E-state index in [1.54, 1.807) is 21.4 Å². The van der Waals surface area contributed by atoms with E-state index in [1.807, 2.05) is 43.7 Å². The molecule has 39 heavy (non-hydrogen) atoms. The number of esters is 1. The second kappa shape index (κ2) is 9.78. The Morgan fingerprint density at radius 1 is 1.03 bits per heavy atom. The Morgan fingerprint density at radius 2 is 1.77 bits per heavy atom. The predicted octanol–water partition coefficient (Wildman–Crippen LogP) is 6.02. The van der Waals surface area contributed by atoms with Crippen LogP contribution in [0.4, 0.5) is 11.4 Å². The molecule has 0 N–H and O–H groups in total. The van der Waals surface area contributed by atoms with Crippen LogP contribution in [0.1, 0.15) is 47.8 Å². The van der Waals surface area contributed by atoms with Crippen LogP contribution < -0.4 is 10.6 Å². The van der Waals surface area contributed by atoms with Crippen molar-refractivity contribution in [3.8, 4) is 11.1 Å². The topological polar surface area (TPSA) is 69.4 Å². The van der Waals surface area contributed by atoms with Gasteiger partial charge in [-0.05, 0) is 53.8 Å². The monoisotopic (exact) mass is 560 g/mol. The first-order chi connectivity index (χ1) is 18.7. The lowest BCUT2D eigenvalue weighted by Crippen LogP contribution is -2.33. The summed E-state index contributed by atoms with van der Waals surface area (Å²) in [5, 5.41) is 0. The molecule has 0 radical (unpaired) electrons. The number of aromatic nitrogens is 3. The molecular weight excluding hydrogens is 528 g/mol. The molecule has 1 saturated heterocycles. The summed E-state index contributed by atoms with van der Waals surface area (Å²) in [6.07, 6.45) is 2.77. The standard InChI is InChI=1S/C30H32N4O3S2/c1-18(2)22-15-21(16-26-27(22)33(4)29(36)32(26)3)34-11-10-30(38-12-13-39-30)23-14-19(7-9-25(23)34)20-6-8-24(31-17-20)28(35)37-5/h6-9,14-18H,10-13H2,1-5H3. The van der Waals surface area contributed by atoms with Gasteiger partial charge in [-0.15, -0.1) is 23.5 Å². The smallest absolute Gasteiger partial charge is 0.356 e. The van der Waals surface area contributed by atoms with Crippen LogP contribution in [0.3, 0.4) is 0 Å². The number of carbonyl (C=O) groups excluding carboxylic acids is 1. The minimum absolute atomic E-state index is 0.00253. The molecule has 2 aliphatic heterocycles. The largest absolute Gasteiger partial charge is 0.464 e. The Kier molecular flexibility index (Phi) is 6.54. The van der Waals surface area contributed by atoms with Gasteiger partial charge in [0.15, 0.2) is 0 Å². The Bertz CT molecular complexity index is 1650. The van der Waals surface area contributed by atoms with Gasteiger partial charge in [-0.1, -0.05) is 26.0 Å². The number of nitrogens with zero attached hydrogens (tertiary/aromatic N) is 4. The fourth-order valence-electron chi connectivity index (χ4n) is 5.85. The van der Waals surface area contributed by atoms with E-state index in [-0.39, 0.29) is 15.7 Å². The van der Waals surface area contributed by atoms with Crippen LogP contribution in [-0.2, 0) is 22.9 Å². The average Bonchev–Trinajstić information content (AvgIpc) is 3.51. The predicted molar refractivity (Wildman–Crippen MR) is 161 cm³/mol. The third-order valence-electron chi connectivity index (χ3n) is 7.92. The van der Waals surface area contributed by atoms with Crippen LogP contribution in [0.25, 0.3) is 22.2 Å². The quantitative estimate of drug-likeness (QED) is 0.283. The molecule has 4 aromatic rings. The van der Waals surface area contributed by atoms with Crippen LogP contribution in [0.2, 0.25) is 0 Å². The fraction of sp³-hybridized carbons (Fsp3) is 0.367. The van der Waals surface area contributed by atoms with Crippen LogP contribution in [0.5, 0.6) is 0 Å². The number of pyridine rings is 1. The molecule has 7 nitrogen and oxygen atoms in total. The Balaban J connectivity index is 1.49. The zero-order chi connectivity index (χ0) is 27.5. The molecule has 0 unspecified atom stereocenters. The number of methoxy groups -OCH3 is 1. The number of aryl methyl sites for hydroxylation is 2. The highest BCUT2D eigenvalue weighted by atomic mass is 32.2. The second-order valence-corrected chi connectivity index (χ2v) is 13.5. The van der Waals surface area contributed by atoms with Gasteiger partial charge in [-0.3, -0.25) is 9.13 Å². The zero-order valence-corrected chi connectivity index (χ0v) is 24.5. The van der Waals surface area contributed by atoms with Crippen molar-refractivity contribution in [2.24, 2.45) is 14.1 Å². The SMILES string of the molecule is COC(=O)c1ccc(-c2ccc3c(c2)C2(CCN3c3cc(C(C)C)c4c(c3)n(C)c(=O)n4C)SCCS2)cn1. The van der Waals surface area contributed by atoms with E-state index >= 15 is 0 Å². The molecule has 2 aliphatic rings. The summed E-state index contributed by atoms with van der Waals surface area (Å²) in [6.45, 7) is 5.28. The first-order valence-electron chi connectivity index (χ1n) is 13.2. The Hall–Kier alpha value is -3.17. The molecule has 0 aliphatic carbocycles. The van der Waals surface area contributed by atoms with Gasteiger partial charge in [0.05, 0.1) is 22.2 Å². The number of anilines is 2. The lowest BCUT2D eigenvalue weighted by molar-refractivity contribution is 0.0594. The van der Waals surface area contributed by atoms with E-state index in [4.69, 9.17) is 4.74 Å². The minimum atomic E-state index is -0.436. The van der Waals surface area contributed by atoms with Crippen molar-refractivity contribution in [3.63, 3.8) is 0 Å². The van der Waals surface area contributed by atoms with E-state index in [0.29, 0.717) is 5.69 Å². The maximum atomic E-state index is 12.8. The summed E-state index contributed by atoms with van der Waals surface area (Å²) < 4.78 is 8.35. The van der Waals surface area contributed by atoms with Crippen molar-refractivity contribution in [2.45, 2.75) is 30.3 Å². The number of fused-ring (bicyclic) bond motifs is 3. The molecule has 2 aromatic carbocycles. The number of hydrogen-bond acceptors (Lipinski definition) is 7. The molecule has 9 heteroatoms. The van der Waals surface area contributed by atoms with Gasteiger partial charge in [0.25, 0.3) is 0 Å². The molecule has 1 fully saturated rings. The van der Waals surface area contributed by atoms with Crippen LogP contribution in [0, 0.1) is 0 Å². The summed E-state index contributed by atoms with van der Waals surface area (Å²) >= 11 is 4.10. The molecule has 202 valence electrons. The van der Waals surface area contributed by atoms with Gasteiger partial charge in [0.1, 0.15) is 5.69 Å². The van der Waals surface area contributed by atoms with E-state index in [9.17, 15) is 9.59 Å². The number of imidazole rings is 1. The van der Waals surface area contributed by atoms with Crippen molar-refractivity contribution >= 4 is 51.9 Å². The fourth-order valence-corrected chi connectivity index (χ4v) is 9.12. The summed E-state index contributed by atoms with van der Waals surface area (Å²) in [5.41, 5.74) is 9.15. The maximum absolute atomic E-state index is 12.8. The van der Waals surface area contributed by atoms with Crippen molar-refractivity contribution < 1.29 is 9.53 Å². The summed E-state index contributed by atoms with van der Waals surface area (Å²) in [4.78, 5) is 31.5. The van der Waals surface area contributed by atoms with Crippen molar-refractivity contribution in [3.05, 3.63) is 76.0 Å². The molecule has 2 aromatic heterocycles. The molecule has 1 spiro atoms. The zero-order valence-electron chi connectivity index (χ0n) is 22.9. The highest BCUT2D eigenvalue weighted by Crippen LogP contribution is 2.60. The van der Waals surface area contributed by atoms with Gasteiger partial charge in [0.2, 0.25) is 0 Å². The highest BCUT2D eigenvalue weighted by molar-refractivity contribution is 8.20. The first kappa shape index (κ1) is 26.1. The molecule has 0 bridgehead atoms. The first-order valence-corrected chi connectivity index (χ1v) is 15.2. The number of ether oxygens (including phenoxy) is 1. The van der Waals surface area contributed by atoms with Gasteiger partial charge in [0, 0.05) is 60.8 Å². The number of hydrogen-bond donors (Lipinski definition) is 0. The van der Waals surface area contributed by atoms with Crippen LogP contribution in [0.15, 0.2) is 53.5 Å². The Labute approximate surface area is 236 Å². The molecular formula is C30H32N4O3S2. The summed E-state index contributed by atoms with van der Waals surface area (Å²) in [7, 11) is 5.08. The van der Waals surface area contributed by atoms with Crippen molar-refractivity contribution in [1.29, 1.82) is 0 Å². The van der Waals surface area contributed by atoms with E-state index in [1.165, 1.54) is 23.9 Å². The van der Waals surface area contributed by atoms with Crippen LogP contribution >= 0.6 is 23.5 Å². The number of rotatable bonds is 4. The van der Waals surface area contributed by atoms with Crippen molar-refractivity contribution in [1.82, 2.24) is 14.1 Å². The third-order valence-corrected chi connectivity index (χ3v) is 11.5. The third kappa shape index (κ3) is 4.17. The second-order valence-electron chi connectivity index (χ2n) is 10.5. The lowest BCUT2D eigenvalue weighted by atomic mass is 9.94. The van der Waals surface area contributed by atoms with Crippen molar-refractivity contribution in [2.75, 3.05) is 30.1 Å². The van der Waals surface area contributed by atoms with Gasteiger partial charge < -0.3 is 9.64 Å². The highest BCUT2D eigenvalue weighted by Gasteiger charge is 2.43. The summed E-state index contributed by atoms with van der Waals surface area (Å²) in [5.74, 6) is 2.12. The molecule has 0 amide bonds. The average molecular weight is 561 g/mol. The number of carbonyl (C=O) groups is 1. The molecule has 6 rings (SSSR count). The molecule has 0 saturated carbocycles. The van der Waals surface area contributed by atoms with E-state index < -0.39 is 5.97 Å². The summed E-state index contributed by atoms with van der Waals surface area (Å²) in [6, 6.07) is 14.8. The minimum Gasteiger partial charge on any atom is -0.464 e. The number of thioether (sulfide) groups is 2. The van der Waals surface area contributed by atoms with Crippen LogP contribution in [-0.4, -0.2) is 45.2 Å². The van der Waals surface area contributed by atoms with E-state index in [0.717, 1.165) is 52.3 Å². The number of benzene rings is 2. The lowest BCUT2D eigenvalue weighted by Gasteiger charge is -2.41. The van der Waals surface area contributed by atoms with Gasteiger partial charge in [-0.25, -0.2) is 14.6 Å².